The third kappa shape index (κ3) is 9.08. The normalized spacial score (nSPS) is 30.5. The summed E-state index contributed by atoms with van der Waals surface area (Å²) in [5.41, 5.74) is 2.20. The molecule has 1 aliphatic carbocycles. The molecule has 5 rings (SSSR count). The SMILES string of the molecule is C/C(=C\c1cc(F)cc(N2CCOCC2)c1)[C@H]1OC(=O)C[C@H](O)CC[C@H](C)[C@@H](OC(=O)N2CCN(C3CCC3)CC2)/C=C\[C@@H]1C. The average molecular weight is 628 g/mol. The van der Waals surface area contributed by atoms with E-state index in [4.69, 9.17) is 14.2 Å². The number of morpholine rings is 1. The Balaban J connectivity index is 1.31. The second kappa shape index (κ2) is 15.6. The van der Waals surface area contributed by atoms with Crippen LogP contribution in [0.15, 0.2) is 35.9 Å². The number of ether oxygens (including phenoxy) is 3. The highest BCUT2D eigenvalue weighted by molar-refractivity contribution is 5.71. The van der Waals surface area contributed by atoms with E-state index < -0.39 is 24.3 Å². The number of halogens is 1. The van der Waals surface area contributed by atoms with Gasteiger partial charge in [-0.2, -0.15) is 0 Å². The first-order valence-electron chi connectivity index (χ1n) is 16.7. The number of aliphatic hydroxyl groups is 1. The molecule has 3 fully saturated rings. The van der Waals surface area contributed by atoms with Crippen molar-refractivity contribution in [2.24, 2.45) is 11.8 Å². The van der Waals surface area contributed by atoms with E-state index in [1.54, 1.807) is 4.90 Å². The van der Waals surface area contributed by atoms with Gasteiger partial charge in [-0.15, -0.1) is 0 Å². The molecule has 5 atom stereocenters. The highest BCUT2D eigenvalue weighted by atomic mass is 19.1. The van der Waals surface area contributed by atoms with Crippen molar-refractivity contribution >= 4 is 23.8 Å². The van der Waals surface area contributed by atoms with E-state index in [-0.39, 0.29) is 30.2 Å². The van der Waals surface area contributed by atoms with Crippen LogP contribution in [0, 0.1) is 17.7 Å². The van der Waals surface area contributed by atoms with Gasteiger partial charge >= 0.3 is 12.1 Å². The van der Waals surface area contributed by atoms with Crippen LogP contribution in [0.3, 0.4) is 0 Å². The summed E-state index contributed by atoms with van der Waals surface area (Å²) < 4.78 is 32.2. The van der Waals surface area contributed by atoms with Crippen molar-refractivity contribution in [2.45, 2.75) is 83.6 Å². The number of esters is 1. The number of carbonyl (C=O) groups excluding carboxylic acids is 2. The highest BCUT2D eigenvalue weighted by Crippen LogP contribution is 2.28. The zero-order chi connectivity index (χ0) is 31.9. The number of anilines is 1. The van der Waals surface area contributed by atoms with Gasteiger partial charge in [0.15, 0.2) is 0 Å². The van der Waals surface area contributed by atoms with Crippen LogP contribution in [0.1, 0.15) is 64.9 Å². The molecule has 0 spiro atoms. The molecule has 248 valence electrons. The first kappa shape index (κ1) is 33.4. The summed E-state index contributed by atoms with van der Waals surface area (Å²) in [6.45, 7) is 11.5. The zero-order valence-electron chi connectivity index (χ0n) is 27.0. The number of rotatable bonds is 5. The Labute approximate surface area is 267 Å². The summed E-state index contributed by atoms with van der Waals surface area (Å²) in [7, 11) is 0. The summed E-state index contributed by atoms with van der Waals surface area (Å²) in [4.78, 5) is 32.5. The summed E-state index contributed by atoms with van der Waals surface area (Å²) >= 11 is 0. The van der Waals surface area contributed by atoms with Crippen LogP contribution >= 0.6 is 0 Å². The molecular formula is C35H50FN3O6. The Morgan fingerprint density at radius 2 is 1.73 bits per heavy atom. The van der Waals surface area contributed by atoms with Crippen molar-refractivity contribution in [1.82, 2.24) is 9.80 Å². The van der Waals surface area contributed by atoms with E-state index in [2.05, 4.69) is 9.80 Å². The van der Waals surface area contributed by atoms with Crippen LogP contribution in [-0.4, -0.2) is 104 Å². The minimum atomic E-state index is -0.862. The quantitative estimate of drug-likeness (QED) is 0.359. The molecule has 1 aromatic carbocycles. The predicted octanol–water partition coefficient (Wildman–Crippen LogP) is 5.03. The van der Waals surface area contributed by atoms with Crippen LogP contribution in [-0.2, 0) is 19.0 Å². The smallest absolute Gasteiger partial charge is 0.410 e. The van der Waals surface area contributed by atoms with Gasteiger partial charge < -0.3 is 29.1 Å². The lowest BCUT2D eigenvalue weighted by Crippen LogP contribution is -2.54. The minimum Gasteiger partial charge on any atom is -0.457 e. The molecule has 3 aliphatic heterocycles. The van der Waals surface area contributed by atoms with E-state index in [0.717, 1.165) is 24.4 Å². The fraction of sp³-hybridized carbons (Fsp3) is 0.657. The average Bonchev–Trinajstić information content (AvgIpc) is 2.99. The van der Waals surface area contributed by atoms with E-state index in [1.807, 2.05) is 45.1 Å². The van der Waals surface area contributed by atoms with Gasteiger partial charge in [0.1, 0.15) is 18.0 Å². The van der Waals surface area contributed by atoms with Gasteiger partial charge in [0.05, 0.1) is 25.7 Å². The number of benzene rings is 1. The molecule has 1 saturated carbocycles. The number of aliphatic hydroxyl groups excluding tert-OH is 1. The number of hydrogen-bond donors (Lipinski definition) is 1. The highest BCUT2D eigenvalue weighted by Gasteiger charge is 2.32. The minimum absolute atomic E-state index is 0.0558. The summed E-state index contributed by atoms with van der Waals surface area (Å²) in [6, 6.07) is 5.59. The van der Waals surface area contributed by atoms with E-state index in [0.29, 0.717) is 63.8 Å². The molecule has 1 aromatic rings. The molecule has 9 nitrogen and oxygen atoms in total. The van der Waals surface area contributed by atoms with Gasteiger partial charge in [0.2, 0.25) is 0 Å². The third-order valence-electron chi connectivity index (χ3n) is 9.78. The lowest BCUT2D eigenvalue weighted by atomic mass is 9.91. The Kier molecular flexibility index (Phi) is 11.6. The lowest BCUT2D eigenvalue weighted by Gasteiger charge is -2.42. The summed E-state index contributed by atoms with van der Waals surface area (Å²) in [6.07, 6.45) is 8.03. The van der Waals surface area contributed by atoms with E-state index in [1.165, 1.54) is 31.4 Å². The fourth-order valence-corrected chi connectivity index (χ4v) is 6.69. The second-order valence-corrected chi connectivity index (χ2v) is 13.3. The maximum atomic E-state index is 14.7. The molecule has 3 heterocycles. The van der Waals surface area contributed by atoms with Crippen molar-refractivity contribution in [3.63, 3.8) is 0 Å². The molecule has 10 heteroatoms. The van der Waals surface area contributed by atoms with Gasteiger partial charge in [0.25, 0.3) is 0 Å². The molecular weight excluding hydrogens is 577 g/mol. The Hall–Kier alpha value is -2.95. The van der Waals surface area contributed by atoms with E-state index >= 15 is 0 Å². The van der Waals surface area contributed by atoms with Crippen molar-refractivity contribution in [3.8, 4) is 0 Å². The number of nitrogens with zero attached hydrogens (tertiary/aromatic N) is 3. The van der Waals surface area contributed by atoms with Crippen LogP contribution < -0.4 is 4.90 Å². The molecule has 2 saturated heterocycles. The third-order valence-corrected chi connectivity index (χ3v) is 9.78. The van der Waals surface area contributed by atoms with Gasteiger partial charge in [-0.05, 0) is 73.9 Å². The molecule has 0 aromatic heterocycles. The number of piperazine rings is 1. The molecule has 0 radical (unpaired) electrons. The Morgan fingerprint density at radius 1 is 1.00 bits per heavy atom. The maximum absolute atomic E-state index is 14.7. The van der Waals surface area contributed by atoms with Gasteiger partial charge in [-0.3, -0.25) is 9.69 Å². The molecule has 1 amide bonds. The lowest BCUT2D eigenvalue weighted by molar-refractivity contribution is -0.151. The topological polar surface area (TPSA) is 91.8 Å². The second-order valence-electron chi connectivity index (χ2n) is 13.3. The summed E-state index contributed by atoms with van der Waals surface area (Å²) in [5.74, 6) is -1.15. The van der Waals surface area contributed by atoms with Crippen molar-refractivity contribution in [2.75, 3.05) is 57.4 Å². The largest absolute Gasteiger partial charge is 0.457 e. The van der Waals surface area contributed by atoms with Crippen LogP contribution in [0.4, 0.5) is 14.9 Å². The summed E-state index contributed by atoms with van der Waals surface area (Å²) in [5, 5.41) is 10.6. The Morgan fingerprint density at radius 3 is 2.42 bits per heavy atom. The number of amides is 1. The molecule has 1 N–H and O–H groups in total. The number of carbonyl (C=O) groups is 2. The standard InChI is InChI=1S/C35H50FN3O6/c1-24-7-9-31(40)23-33(41)45-34(26(3)19-27-20-28(36)22-30(21-27)38-15-17-43-18-16-38)25(2)8-10-32(24)44-35(42)39-13-11-37(12-14-39)29-5-4-6-29/h8,10,19-22,24-25,29,31-32,34,40H,4-7,9,11-18,23H2,1-3H3/b10-8-,26-19+/t24-,25-,31+,32-,34-/m0/s1. The van der Waals surface area contributed by atoms with Crippen molar-refractivity contribution < 1.29 is 33.3 Å². The van der Waals surface area contributed by atoms with Gasteiger partial charge in [0, 0.05) is 56.9 Å². The first-order chi connectivity index (χ1) is 21.7. The van der Waals surface area contributed by atoms with Gasteiger partial charge in [-0.1, -0.05) is 32.4 Å². The first-order valence-corrected chi connectivity index (χ1v) is 16.7. The van der Waals surface area contributed by atoms with Gasteiger partial charge in [-0.25, -0.2) is 9.18 Å². The predicted molar refractivity (Wildman–Crippen MR) is 171 cm³/mol. The van der Waals surface area contributed by atoms with E-state index in [9.17, 15) is 19.1 Å². The molecule has 0 unspecified atom stereocenters. The number of hydrogen-bond acceptors (Lipinski definition) is 8. The fourth-order valence-electron chi connectivity index (χ4n) is 6.69. The monoisotopic (exact) mass is 627 g/mol. The molecule has 0 bridgehead atoms. The van der Waals surface area contributed by atoms with Crippen molar-refractivity contribution in [3.05, 3.63) is 47.3 Å². The molecule has 45 heavy (non-hydrogen) atoms. The maximum Gasteiger partial charge on any atom is 0.410 e. The van der Waals surface area contributed by atoms with Crippen molar-refractivity contribution in [1.29, 1.82) is 0 Å². The number of cyclic esters (lactones) is 1. The Bertz CT molecular complexity index is 1220. The molecule has 4 aliphatic rings. The zero-order valence-corrected chi connectivity index (χ0v) is 27.0. The van der Waals surface area contributed by atoms with Crippen LogP contribution in [0.5, 0.6) is 0 Å². The van der Waals surface area contributed by atoms with Crippen LogP contribution in [0.25, 0.3) is 6.08 Å². The van der Waals surface area contributed by atoms with Crippen LogP contribution in [0.2, 0.25) is 0 Å².